The van der Waals surface area contributed by atoms with E-state index in [4.69, 9.17) is 4.74 Å². The van der Waals surface area contributed by atoms with E-state index in [0.717, 1.165) is 18.2 Å². The fourth-order valence-corrected chi connectivity index (χ4v) is 1.65. The molecule has 5 heteroatoms. The van der Waals surface area contributed by atoms with Gasteiger partial charge in [-0.25, -0.2) is 9.97 Å². The fraction of sp³-hybridized carbons (Fsp3) is 0.600. The van der Waals surface area contributed by atoms with Gasteiger partial charge >= 0.3 is 0 Å². The predicted molar refractivity (Wildman–Crippen MR) is 59.0 cm³/mol. The van der Waals surface area contributed by atoms with Crippen LogP contribution in [-0.4, -0.2) is 35.9 Å². The van der Waals surface area contributed by atoms with Gasteiger partial charge in [0.15, 0.2) is 0 Å². The molecule has 82 valence electrons. The van der Waals surface area contributed by atoms with Crippen molar-refractivity contribution < 1.29 is 4.74 Å². The Bertz CT molecular complexity index is 353. The Hall–Kier alpha value is -1.36. The summed E-state index contributed by atoms with van der Waals surface area (Å²) in [5.74, 6) is 1.72. The topological polar surface area (TPSA) is 50.3 Å². The van der Waals surface area contributed by atoms with E-state index in [-0.39, 0.29) is 5.54 Å². The molecule has 15 heavy (non-hydrogen) atoms. The molecule has 1 aliphatic rings. The van der Waals surface area contributed by atoms with E-state index in [1.165, 1.54) is 0 Å². The first-order valence-electron chi connectivity index (χ1n) is 4.99. The Morgan fingerprint density at radius 2 is 2.27 bits per heavy atom. The molecule has 1 saturated heterocycles. The van der Waals surface area contributed by atoms with Crippen LogP contribution in [0.1, 0.15) is 13.8 Å². The molecule has 0 spiro atoms. The number of nitrogens with zero attached hydrogens (tertiary/aromatic N) is 3. The van der Waals surface area contributed by atoms with Crippen molar-refractivity contribution in [2.45, 2.75) is 19.4 Å². The third-order valence-electron chi connectivity index (χ3n) is 2.59. The summed E-state index contributed by atoms with van der Waals surface area (Å²) in [7, 11) is 1.84. The second-order valence-electron chi connectivity index (χ2n) is 4.23. The minimum Gasteiger partial charge on any atom is -0.373 e. The van der Waals surface area contributed by atoms with Crippen LogP contribution >= 0.6 is 0 Å². The first-order chi connectivity index (χ1) is 7.13. The smallest absolute Gasteiger partial charge is 0.136 e. The van der Waals surface area contributed by atoms with E-state index >= 15 is 0 Å². The molecule has 1 N–H and O–H groups in total. The Kier molecular flexibility index (Phi) is 2.48. The number of aromatic nitrogens is 2. The molecule has 1 fully saturated rings. The van der Waals surface area contributed by atoms with E-state index in [1.807, 2.05) is 13.1 Å². The maximum atomic E-state index is 5.45. The molecule has 0 aliphatic carbocycles. The minimum absolute atomic E-state index is 0.000630. The summed E-state index contributed by atoms with van der Waals surface area (Å²) in [6, 6.07) is 1.93. The Balaban J connectivity index is 2.29. The highest BCUT2D eigenvalue weighted by Crippen LogP contribution is 2.27. The highest BCUT2D eigenvalue weighted by atomic mass is 16.5. The maximum absolute atomic E-state index is 5.45. The molecule has 0 amide bonds. The third-order valence-corrected chi connectivity index (χ3v) is 2.59. The molecule has 5 nitrogen and oxygen atoms in total. The van der Waals surface area contributed by atoms with Crippen molar-refractivity contribution >= 4 is 11.6 Å². The minimum atomic E-state index is -0.000630. The first kappa shape index (κ1) is 10.2. The molecular formula is C10H16N4O. The lowest BCUT2D eigenvalue weighted by Gasteiger charge is -2.29. The van der Waals surface area contributed by atoms with Crippen LogP contribution in [0.4, 0.5) is 11.6 Å². The van der Waals surface area contributed by atoms with Crippen molar-refractivity contribution in [3.8, 4) is 0 Å². The van der Waals surface area contributed by atoms with Crippen molar-refractivity contribution in [3.63, 3.8) is 0 Å². The Morgan fingerprint density at radius 3 is 2.87 bits per heavy atom. The van der Waals surface area contributed by atoms with Gasteiger partial charge in [-0.1, -0.05) is 0 Å². The van der Waals surface area contributed by atoms with Gasteiger partial charge < -0.3 is 15.0 Å². The quantitative estimate of drug-likeness (QED) is 0.788. The molecule has 2 heterocycles. The average molecular weight is 208 g/mol. The second-order valence-corrected chi connectivity index (χ2v) is 4.23. The van der Waals surface area contributed by atoms with Gasteiger partial charge in [0.2, 0.25) is 0 Å². The number of hydrogen-bond acceptors (Lipinski definition) is 5. The van der Waals surface area contributed by atoms with Crippen LogP contribution < -0.4 is 10.2 Å². The van der Waals surface area contributed by atoms with Crippen LogP contribution in [0.15, 0.2) is 12.4 Å². The molecule has 0 aromatic carbocycles. The zero-order chi connectivity index (χ0) is 10.9. The van der Waals surface area contributed by atoms with Crippen molar-refractivity contribution in [2.24, 2.45) is 0 Å². The molecule has 1 aromatic heterocycles. The van der Waals surface area contributed by atoms with Gasteiger partial charge in [0.25, 0.3) is 0 Å². The molecule has 0 saturated carbocycles. The van der Waals surface area contributed by atoms with Crippen LogP contribution in [0.5, 0.6) is 0 Å². The maximum Gasteiger partial charge on any atom is 0.136 e. The Labute approximate surface area is 89.5 Å². The number of rotatable bonds is 2. The van der Waals surface area contributed by atoms with Gasteiger partial charge in [0, 0.05) is 13.1 Å². The lowest BCUT2D eigenvalue weighted by Crippen LogP contribution is -2.40. The zero-order valence-electron chi connectivity index (χ0n) is 9.32. The standard InChI is InChI=1S/C10H16N4O/c1-10(2)5-15-7-14(10)9-4-8(11-3)12-6-13-9/h4,6H,5,7H2,1-3H3,(H,11,12,13). The van der Waals surface area contributed by atoms with Crippen LogP contribution in [-0.2, 0) is 4.74 Å². The lowest BCUT2D eigenvalue weighted by molar-refractivity contribution is 0.184. The van der Waals surface area contributed by atoms with E-state index in [0.29, 0.717) is 6.73 Å². The van der Waals surface area contributed by atoms with Gasteiger partial charge in [0.1, 0.15) is 24.7 Å². The molecule has 1 aliphatic heterocycles. The van der Waals surface area contributed by atoms with Crippen LogP contribution in [0.25, 0.3) is 0 Å². The zero-order valence-corrected chi connectivity index (χ0v) is 9.32. The van der Waals surface area contributed by atoms with Crippen LogP contribution in [0, 0.1) is 0 Å². The first-order valence-corrected chi connectivity index (χ1v) is 4.99. The lowest BCUT2D eigenvalue weighted by atomic mass is 10.1. The summed E-state index contributed by atoms with van der Waals surface area (Å²) in [6.07, 6.45) is 1.57. The second kappa shape index (κ2) is 3.66. The average Bonchev–Trinajstić information content (AvgIpc) is 2.58. The van der Waals surface area contributed by atoms with E-state index in [2.05, 4.69) is 34.0 Å². The van der Waals surface area contributed by atoms with E-state index < -0.39 is 0 Å². The summed E-state index contributed by atoms with van der Waals surface area (Å²) >= 11 is 0. The van der Waals surface area contributed by atoms with Crippen LogP contribution in [0.3, 0.4) is 0 Å². The normalized spacial score (nSPS) is 19.3. The molecule has 0 bridgehead atoms. The third kappa shape index (κ3) is 1.87. The van der Waals surface area contributed by atoms with E-state index in [9.17, 15) is 0 Å². The summed E-state index contributed by atoms with van der Waals surface area (Å²) < 4.78 is 5.45. The van der Waals surface area contributed by atoms with Crippen molar-refractivity contribution in [1.29, 1.82) is 0 Å². The van der Waals surface area contributed by atoms with Crippen molar-refractivity contribution in [2.75, 3.05) is 30.6 Å². The molecule has 1 aromatic rings. The number of ether oxygens (including phenoxy) is 1. The van der Waals surface area contributed by atoms with Crippen LogP contribution in [0.2, 0.25) is 0 Å². The molecule has 2 rings (SSSR count). The van der Waals surface area contributed by atoms with Gasteiger partial charge in [-0.3, -0.25) is 0 Å². The monoisotopic (exact) mass is 208 g/mol. The molecule has 0 atom stereocenters. The highest BCUT2D eigenvalue weighted by Gasteiger charge is 2.33. The largest absolute Gasteiger partial charge is 0.373 e. The van der Waals surface area contributed by atoms with Gasteiger partial charge in [-0.2, -0.15) is 0 Å². The van der Waals surface area contributed by atoms with Gasteiger partial charge in [-0.15, -0.1) is 0 Å². The highest BCUT2D eigenvalue weighted by molar-refractivity contribution is 5.50. The van der Waals surface area contributed by atoms with Gasteiger partial charge in [0.05, 0.1) is 12.1 Å². The molecule has 0 radical (unpaired) electrons. The van der Waals surface area contributed by atoms with Crippen molar-refractivity contribution in [1.82, 2.24) is 9.97 Å². The summed E-state index contributed by atoms with van der Waals surface area (Å²) in [4.78, 5) is 10.5. The number of anilines is 2. The number of hydrogen-bond donors (Lipinski definition) is 1. The summed E-state index contributed by atoms with van der Waals surface area (Å²) in [6.45, 7) is 5.60. The predicted octanol–water partition coefficient (Wildman–Crippen LogP) is 1.09. The summed E-state index contributed by atoms with van der Waals surface area (Å²) in [5.41, 5.74) is -0.000630. The molecule has 0 unspecified atom stereocenters. The van der Waals surface area contributed by atoms with Crippen molar-refractivity contribution in [3.05, 3.63) is 12.4 Å². The fourth-order valence-electron chi connectivity index (χ4n) is 1.65. The van der Waals surface area contributed by atoms with E-state index in [1.54, 1.807) is 6.33 Å². The number of nitrogens with one attached hydrogen (secondary N) is 1. The molecular weight excluding hydrogens is 192 g/mol. The van der Waals surface area contributed by atoms with Gasteiger partial charge in [-0.05, 0) is 13.8 Å². The Morgan fingerprint density at radius 1 is 1.47 bits per heavy atom. The SMILES string of the molecule is CNc1cc(N2COCC2(C)C)ncn1. The summed E-state index contributed by atoms with van der Waals surface area (Å²) in [5, 5.41) is 3.00.